The summed E-state index contributed by atoms with van der Waals surface area (Å²) < 4.78 is 0. The Kier molecular flexibility index (Phi) is 1.57. The lowest BCUT2D eigenvalue weighted by Crippen LogP contribution is -2.08. The average molecular weight is 171 g/mol. The third-order valence-electron chi connectivity index (χ3n) is 1.81. The standard InChI is InChI=1S/C9H5N3O/c10-4-6-2-1-3-7-5-11-12-9(13)8(6)7/h1-3,5H,(H,12,13). The van der Waals surface area contributed by atoms with Gasteiger partial charge in [0.05, 0.1) is 23.2 Å². The van der Waals surface area contributed by atoms with Crippen LogP contribution in [-0.4, -0.2) is 10.2 Å². The van der Waals surface area contributed by atoms with Gasteiger partial charge >= 0.3 is 0 Å². The third kappa shape index (κ3) is 1.07. The number of benzene rings is 1. The molecular formula is C9H5N3O. The van der Waals surface area contributed by atoms with E-state index in [4.69, 9.17) is 5.26 Å². The van der Waals surface area contributed by atoms with Gasteiger partial charge in [-0.3, -0.25) is 4.79 Å². The van der Waals surface area contributed by atoms with Crippen molar-refractivity contribution >= 4 is 10.8 Å². The van der Waals surface area contributed by atoms with Gasteiger partial charge in [0.15, 0.2) is 0 Å². The van der Waals surface area contributed by atoms with Crippen LogP contribution in [0.15, 0.2) is 29.2 Å². The number of aromatic nitrogens is 2. The molecule has 4 heteroatoms. The van der Waals surface area contributed by atoms with Gasteiger partial charge < -0.3 is 0 Å². The second kappa shape index (κ2) is 2.72. The monoisotopic (exact) mass is 171 g/mol. The number of nitrogens with one attached hydrogen (secondary N) is 1. The lowest BCUT2D eigenvalue weighted by atomic mass is 10.1. The summed E-state index contributed by atoms with van der Waals surface area (Å²) in [4.78, 5) is 11.3. The molecule has 0 fully saturated rings. The van der Waals surface area contributed by atoms with E-state index in [-0.39, 0.29) is 5.56 Å². The summed E-state index contributed by atoms with van der Waals surface area (Å²) in [6.45, 7) is 0. The number of fused-ring (bicyclic) bond motifs is 1. The van der Waals surface area contributed by atoms with E-state index in [1.54, 1.807) is 18.2 Å². The Morgan fingerprint density at radius 3 is 3.08 bits per heavy atom. The van der Waals surface area contributed by atoms with Crippen molar-refractivity contribution in [1.29, 1.82) is 5.26 Å². The topological polar surface area (TPSA) is 69.5 Å². The average Bonchev–Trinajstić information content (AvgIpc) is 2.17. The summed E-state index contributed by atoms with van der Waals surface area (Å²) in [5.74, 6) is 0. The maximum Gasteiger partial charge on any atom is 0.273 e. The SMILES string of the molecule is N#Cc1cccc2cn[nH]c(=O)c12. The van der Waals surface area contributed by atoms with E-state index in [9.17, 15) is 4.79 Å². The van der Waals surface area contributed by atoms with Crippen LogP contribution >= 0.6 is 0 Å². The molecule has 0 radical (unpaired) electrons. The number of hydrogen-bond acceptors (Lipinski definition) is 3. The van der Waals surface area contributed by atoms with E-state index < -0.39 is 0 Å². The van der Waals surface area contributed by atoms with Crippen molar-refractivity contribution in [1.82, 2.24) is 10.2 Å². The summed E-state index contributed by atoms with van der Waals surface area (Å²) >= 11 is 0. The molecule has 2 rings (SSSR count). The van der Waals surface area contributed by atoms with Crippen molar-refractivity contribution in [3.63, 3.8) is 0 Å². The molecule has 0 spiro atoms. The van der Waals surface area contributed by atoms with Gasteiger partial charge in [0.1, 0.15) is 0 Å². The fourth-order valence-corrected chi connectivity index (χ4v) is 1.24. The second-order valence-electron chi connectivity index (χ2n) is 2.58. The van der Waals surface area contributed by atoms with Crippen LogP contribution in [0.5, 0.6) is 0 Å². The quantitative estimate of drug-likeness (QED) is 0.637. The van der Waals surface area contributed by atoms with Crippen molar-refractivity contribution in [3.8, 4) is 6.07 Å². The molecule has 0 saturated carbocycles. The first-order chi connectivity index (χ1) is 6.33. The summed E-state index contributed by atoms with van der Waals surface area (Å²) in [7, 11) is 0. The van der Waals surface area contributed by atoms with E-state index in [1.165, 1.54) is 6.20 Å². The van der Waals surface area contributed by atoms with E-state index in [0.717, 1.165) is 0 Å². The largest absolute Gasteiger partial charge is 0.273 e. The fraction of sp³-hybridized carbons (Fsp3) is 0. The van der Waals surface area contributed by atoms with Gasteiger partial charge in [0.2, 0.25) is 0 Å². The fourth-order valence-electron chi connectivity index (χ4n) is 1.24. The zero-order valence-corrected chi connectivity index (χ0v) is 6.61. The first kappa shape index (κ1) is 7.50. The molecule has 0 aliphatic heterocycles. The molecule has 0 saturated heterocycles. The van der Waals surface area contributed by atoms with Crippen molar-refractivity contribution < 1.29 is 0 Å². The summed E-state index contributed by atoms with van der Waals surface area (Å²) in [5, 5.41) is 15.8. The number of rotatable bonds is 0. The summed E-state index contributed by atoms with van der Waals surface area (Å²) in [6, 6.07) is 7.04. The Balaban J connectivity index is 3.06. The Labute approximate surface area is 73.4 Å². The molecule has 1 aromatic carbocycles. The number of nitrogens with zero attached hydrogens (tertiary/aromatic N) is 2. The zero-order chi connectivity index (χ0) is 9.26. The highest BCUT2D eigenvalue weighted by molar-refractivity contribution is 5.85. The predicted octanol–water partition coefficient (Wildman–Crippen LogP) is 0.795. The maximum atomic E-state index is 11.3. The molecule has 13 heavy (non-hydrogen) atoms. The first-order valence-corrected chi connectivity index (χ1v) is 3.69. The molecule has 0 aliphatic carbocycles. The first-order valence-electron chi connectivity index (χ1n) is 3.69. The molecule has 1 heterocycles. The van der Waals surface area contributed by atoms with Gasteiger partial charge in [-0.15, -0.1) is 0 Å². The molecule has 2 aromatic rings. The van der Waals surface area contributed by atoms with Crippen LogP contribution in [-0.2, 0) is 0 Å². The van der Waals surface area contributed by atoms with Gasteiger partial charge in [-0.25, -0.2) is 5.10 Å². The predicted molar refractivity (Wildman–Crippen MR) is 47.1 cm³/mol. The molecule has 0 unspecified atom stereocenters. The lowest BCUT2D eigenvalue weighted by Gasteiger charge is -1.95. The smallest absolute Gasteiger partial charge is 0.267 e. The Morgan fingerprint density at radius 1 is 1.46 bits per heavy atom. The molecule has 1 aromatic heterocycles. The highest BCUT2D eigenvalue weighted by Gasteiger charge is 2.03. The van der Waals surface area contributed by atoms with Crippen LogP contribution < -0.4 is 5.56 Å². The molecule has 0 bridgehead atoms. The van der Waals surface area contributed by atoms with E-state index in [0.29, 0.717) is 16.3 Å². The van der Waals surface area contributed by atoms with Crippen molar-refractivity contribution in [3.05, 3.63) is 40.3 Å². The molecular weight excluding hydrogens is 166 g/mol. The normalized spacial score (nSPS) is 9.77. The molecule has 0 amide bonds. The Bertz CT molecular complexity index is 545. The lowest BCUT2D eigenvalue weighted by molar-refractivity contribution is 1.01. The maximum absolute atomic E-state index is 11.3. The Morgan fingerprint density at radius 2 is 2.31 bits per heavy atom. The van der Waals surface area contributed by atoms with E-state index in [2.05, 4.69) is 10.2 Å². The number of hydrogen-bond donors (Lipinski definition) is 1. The molecule has 0 aliphatic rings. The highest BCUT2D eigenvalue weighted by Crippen LogP contribution is 2.11. The van der Waals surface area contributed by atoms with Gasteiger partial charge in [-0.1, -0.05) is 12.1 Å². The summed E-state index contributed by atoms with van der Waals surface area (Å²) in [6.07, 6.45) is 1.53. The zero-order valence-electron chi connectivity index (χ0n) is 6.61. The van der Waals surface area contributed by atoms with Gasteiger partial charge in [0, 0.05) is 5.39 Å². The number of nitriles is 1. The van der Waals surface area contributed by atoms with Crippen LogP contribution in [0.3, 0.4) is 0 Å². The van der Waals surface area contributed by atoms with Gasteiger partial charge in [-0.05, 0) is 6.07 Å². The van der Waals surface area contributed by atoms with Crippen molar-refractivity contribution in [2.45, 2.75) is 0 Å². The van der Waals surface area contributed by atoms with E-state index >= 15 is 0 Å². The van der Waals surface area contributed by atoms with Gasteiger partial charge in [0.25, 0.3) is 5.56 Å². The molecule has 1 N–H and O–H groups in total. The van der Waals surface area contributed by atoms with Crippen LogP contribution in [0.1, 0.15) is 5.56 Å². The minimum Gasteiger partial charge on any atom is -0.267 e. The van der Waals surface area contributed by atoms with Crippen molar-refractivity contribution in [2.24, 2.45) is 0 Å². The molecule has 0 atom stereocenters. The van der Waals surface area contributed by atoms with Crippen LogP contribution in [0.4, 0.5) is 0 Å². The van der Waals surface area contributed by atoms with Crippen molar-refractivity contribution in [2.75, 3.05) is 0 Å². The second-order valence-corrected chi connectivity index (χ2v) is 2.58. The highest BCUT2D eigenvalue weighted by atomic mass is 16.1. The minimum atomic E-state index is -0.324. The third-order valence-corrected chi connectivity index (χ3v) is 1.81. The van der Waals surface area contributed by atoms with Crippen LogP contribution in [0.25, 0.3) is 10.8 Å². The molecule has 4 nitrogen and oxygen atoms in total. The minimum absolute atomic E-state index is 0.324. The number of H-pyrrole nitrogens is 1. The molecule has 62 valence electrons. The van der Waals surface area contributed by atoms with E-state index in [1.807, 2.05) is 6.07 Å². The van der Waals surface area contributed by atoms with Crippen LogP contribution in [0, 0.1) is 11.3 Å². The Hall–Kier alpha value is -2.15. The van der Waals surface area contributed by atoms with Crippen LogP contribution in [0.2, 0.25) is 0 Å². The summed E-state index contributed by atoms with van der Waals surface area (Å²) in [5.41, 5.74) is 0.0517. The van der Waals surface area contributed by atoms with Gasteiger partial charge in [-0.2, -0.15) is 10.4 Å². The number of aromatic amines is 1.